The van der Waals surface area contributed by atoms with Crippen LogP contribution < -0.4 is 10.5 Å². The molecule has 0 spiro atoms. The van der Waals surface area contributed by atoms with E-state index in [4.69, 9.17) is 26.9 Å². The molecule has 0 saturated carbocycles. The molecule has 0 fully saturated rings. The van der Waals surface area contributed by atoms with Crippen molar-refractivity contribution in [1.29, 1.82) is 0 Å². The second kappa shape index (κ2) is 8.78. The molecule has 0 bridgehead atoms. The lowest BCUT2D eigenvalue weighted by Crippen LogP contribution is -2.18. The molecule has 0 unspecified atom stereocenters. The zero-order valence-electron chi connectivity index (χ0n) is 14.9. The Labute approximate surface area is 172 Å². The average Bonchev–Trinajstić information content (AvgIpc) is 2.72. The van der Waals surface area contributed by atoms with Gasteiger partial charge >= 0.3 is 12.1 Å². The molecule has 7 nitrogen and oxygen atoms in total. The minimum Gasteiger partial charge on any atom is -0.437 e. The van der Waals surface area contributed by atoms with Gasteiger partial charge in [0.2, 0.25) is 5.88 Å². The second-order valence-corrected chi connectivity index (χ2v) is 6.08. The van der Waals surface area contributed by atoms with Crippen LogP contribution in [0.3, 0.4) is 0 Å². The molecular formula is C19H12ClF3N4O3. The number of oxime groups is 1. The first kappa shape index (κ1) is 21.1. The topological polar surface area (TPSA) is 99.7 Å². The smallest absolute Gasteiger partial charge is 0.416 e. The maximum absolute atomic E-state index is 12.9. The van der Waals surface area contributed by atoms with Crippen LogP contribution in [0.25, 0.3) is 0 Å². The van der Waals surface area contributed by atoms with Gasteiger partial charge in [-0.2, -0.15) is 13.2 Å². The van der Waals surface area contributed by atoms with Gasteiger partial charge in [0.15, 0.2) is 11.5 Å². The summed E-state index contributed by atoms with van der Waals surface area (Å²) in [5, 5.41) is 3.65. The molecule has 30 heavy (non-hydrogen) atoms. The number of carbonyl (C=O) groups is 1. The monoisotopic (exact) mass is 436 g/mol. The molecule has 0 radical (unpaired) electrons. The number of alkyl halides is 3. The van der Waals surface area contributed by atoms with Crippen LogP contribution in [-0.2, 0) is 11.0 Å². The molecule has 0 aliphatic heterocycles. The minimum atomic E-state index is -4.54. The van der Waals surface area contributed by atoms with E-state index in [1.807, 2.05) is 0 Å². The fraction of sp³-hybridized carbons (Fsp3) is 0.0526. The van der Waals surface area contributed by atoms with E-state index in [0.29, 0.717) is 0 Å². The molecule has 0 aliphatic carbocycles. The molecule has 3 rings (SSSR count). The number of nitrogens with two attached hydrogens (primary N) is 1. The van der Waals surface area contributed by atoms with Crippen molar-refractivity contribution in [2.75, 3.05) is 0 Å². The summed E-state index contributed by atoms with van der Waals surface area (Å²) >= 11 is 5.91. The predicted octanol–water partition coefficient (Wildman–Crippen LogP) is 4.42. The summed E-state index contributed by atoms with van der Waals surface area (Å²) in [5.41, 5.74) is 4.82. The zero-order valence-corrected chi connectivity index (χ0v) is 15.7. The van der Waals surface area contributed by atoms with E-state index >= 15 is 0 Å². The molecule has 0 amide bonds. The molecule has 1 aromatic heterocycles. The summed E-state index contributed by atoms with van der Waals surface area (Å²) in [5.74, 6) is -1.63. The number of ether oxygens (including phenoxy) is 1. The third-order valence-electron chi connectivity index (χ3n) is 3.60. The number of rotatable bonds is 5. The van der Waals surface area contributed by atoms with Crippen LogP contribution >= 0.6 is 11.6 Å². The summed E-state index contributed by atoms with van der Waals surface area (Å²) in [6.07, 6.45) is -2.04. The molecule has 0 saturated heterocycles. The first-order chi connectivity index (χ1) is 14.3. The minimum absolute atomic E-state index is 0.0651. The molecule has 2 aromatic carbocycles. The lowest BCUT2D eigenvalue weighted by Gasteiger charge is -2.11. The third-order valence-corrected chi connectivity index (χ3v) is 3.93. The van der Waals surface area contributed by atoms with Gasteiger partial charge in [0, 0.05) is 12.4 Å². The van der Waals surface area contributed by atoms with Crippen LogP contribution in [0.1, 0.15) is 21.6 Å². The number of halogens is 4. The van der Waals surface area contributed by atoms with Crippen LogP contribution in [0.2, 0.25) is 5.02 Å². The third kappa shape index (κ3) is 5.03. The van der Waals surface area contributed by atoms with Gasteiger partial charge in [0.1, 0.15) is 5.75 Å². The van der Waals surface area contributed by atoms with Gasteiger partial charge in [-0.1, -0.05) is 35.0 Å². The van der Waals surface area contributed by atoms with Gasteiger partial charge < -0.3 is 15.3 Å². The van der Waals surface area contributed by atoms with Crippen LogP contribution in [0.4, 0.5) is 13.2 Å². The van der Waals surface area contributed by atoms with E-state index in [9.17, 15) is 18.0 Å². The fourth-order valence-electron chi connectivity index (χ4n) is 2.23. The molecule has 11 heteroatoms. The Bertz CT molecular complexity index is 1110. The van der Waals surface area contributed by atoms with Crippen LogP contribution in [0.15, 0.2) is 66.1 Å². The number of carbonyl (C=O) groups excluding carboxylic acids is 1. The van der Waals surface area contributed by atoms with Gasteiger partial charge in [0.05, 0.1) is 16.1 Å². The Kier molecular flexibility index (Phi) is 6.17. The summed E-state index contributed by atoms with van der Waals surface area (Å²) in [7, 11) is 0. The van der Waals surface area contributed by atoms with Crippen molar-refractivity contribution in [3.05, 3.63) is 82.8 Å². The summed E-state index contributed by atoms with van der Waals surface area (Å²) in [6.45, 7) is 0. The molecule has 0 aliphatic rings. The zero-order chi connectivity index (χ0) is 21.7. The summed E-state index contributed by atoms with van der Waals surface area (Å²) in [4.78, 5) is 24.7. The van der Waals surface area contributed by atoms with Gasteiger partial charge in [-0.3, -0.25) is 0 Å². The van der Waals surface area contributed by atoms with Gasteiger partial charge in [-0.25, -0.2) is 14.8 Å². The van der Waals surface area contributed by atoms with Crippen molar-refractivity contribution in [3.8, 4) is 11.6 Å². The van der Waals surface area contributed by atoms with E-state index in [1.54, 1.807) is 12.1 Å². The first-order valence-corrected chi connectivity index (χ1v) is 8.59. The van der Waals surface area contributed by atoms with E-state index in [-0.39, 0.29) is 33.7 Å². The molecule has 3 aromatic rings. The fourth-order valence-corrected chi connectivity index (χ4v) is 2.45. The van der Waals surface area contributed by atoms with Crippen LogP contribution in [0, 0.1) is 0 Å². The average molecular weight is 437 g/mol. The lowest BCUT2D eigenvalue weighted by molar-refractivity contribution is -0.137. The summed E-state index contributed by atoms with van der Waals surface area (Å²) < 4.78 is 44.0. The highest BCUT2D eigenvalue weighted by molar-refractivity contribution is 6.33. The lowest BCUT2D eigenvalue weighted by atomic mass is 10.2. The van der Waals surface area contributed by atoms with Gasteiger partial charge in [-0.15, -0.1) is 0 Å². The van der Waals surface area contributed by atoms with Crippen molar-refractivity contribution in [1.82, 2.24) is 9.97 Å². The number of nitrogens with zero attached hydrogens (tertiary/aromatic N) is 3. The largest absolute Gasteiger partial charge is 0.437 e. The maximum atomic E-state index is 12.9. The Morgan fingerprint density at radius 1 is 1.07 bits per heavy atom. The number of aromatic nitrogens is 2. The highest BCUT2D eigenvalue weighted by Gasteiger charge is 2.30. The molecule has 2 N–H and O–H groups in total. The Morgan fingerprint density at radius 2 is 1.80 bits per heavy atom. The Hall–Kier alpha value is -3.66. The highest BCUT2D eigenvalue weighted by atomic mass is 35.5. The normalized spacial score (nSPS) is 11.8. The number of hydrogen-bond donors (Lipinski definition) is 1. The second-order valence-electron chi connectivity index (χ2n) is 5.67. The summed E-state index contributed by atoms with van der Waals surface area (Å²) in [6, 6.07) is 10.3. The van der Waals surface area contributed by atoms with Crippen molar-refractivity contribution >= 4 is 23.4 Å². The van der Waals surface area contributed by atoms with E-state index in [0.717, 1.165) is 12.1 Å². The number of amidine groups is 1. The Morgan fingerprint density at radius 3 is 2.53 bits per heavy atom. The highest BCUT2D eigenvalue weighted by Crippen LogP contribution is 2.32. The van der Waals surface area contributed by atoms with Crippen LogP contribution in [-0.4, -0.2) is 21.8 Å². The SMILES string of the molecule is N/C(=N\OC(=O)c1ccccc1Cl)c1nccnc1Oc1cccc(C(F)(F)F)c1. The van der Waals surface area contributed by atoms with Crippen molar-refractivity contribution in [2.45, 2.75) is 6.18 Å². The van der Waals surface area contributed by atoms with Gasteiger partial charge in [-0.05, 0) is 30.3 Å². The number of benzene rings is 2. The van der Waals surface area contributed by atoms with Crippen LogP contribution in [0.5, 0.6) is 11.6 Å². The van der Waals surface area contributed by atoms with E-state index < -0.39 is 17.7 Å². The molecule has 0 atom stereocenters. The van der Waals surface area contributed by atoms with Crippen molar-refractivity contribution in [3.63, 3.8) is 0 Å². The standard InChI is InChI=1S/C19H12ClF3N4O3/c20-14-7-2-1-6-13(14)18(28)30-27-16(24)15-17(26-9-8-25-15)29-12-5-3-4-11(10-12)19(21,22)23/h1-10H,(H2,24,27). The van der Waals surface area contributed by atoms with Gasteiger partial charge in [0.25, 0.3) is 0 Å². The maximum Gasteiger partial charge on any atom is 0.416 e. The molecule has 1 heterocycles. The molecular weight excluding hydrogens is 425 g/mol. The van der Waals surface area contributed by atoms with Crippen molar-refractivity contribution < 1.29 is 27.5 Å². The predicted molar refractivity (Wildman–Crippen MR) is 101 cm³/mol. The Balaban J connectivity index is 1.82. The van der Waals surface area contributed by atoms with E-state index in [1.165, 1.54) is 36.7 Å². The molecule has 154 valence electrons. The van der Waals surface area contributed by atoms with Crippen molar-refractivity contribution in [2.24, 2.45) is 10.9 Å². The number of hydrogen-bond acceptors (Lipinski definition) is 6. The first-order valence-electron chi connectivity index (χ1n) is 8.21. The quantitative estimate of drug-likeness (QED) is 0.275. The van der Waals surface area contributed by atoms with E-state index in [2.05, 4.69) is 15.1 Å².